The molecule has 16 heavy (non-hydrogen) atoms. The van der Waals surface area contributed by atoms with Gasteiger partial charge in [0.15, 0.2) is 0 Å². The van der Waals surface area contributed by atoms with Crippen molar-refractivity contribution in [1.82, 2.24) is 4.98 Å². The third kappa shape index (κ3) is 2.04. The van der Waals surface area contributed by atoms with Crippen LogP contribution in [0.1, 0.15) is 13.3 Å². The average molecular weight is 285 g/mol. The number of nitrogens with zero attached hydrogens (tertiary/aromatic N) is 2. The predicted molar refractivity (Wildman–Crippen MR) is 64.5 cm³/mol. The molecule has 1 aliphatic heterocycles. The van der Waals surface area contributed by atoms with E-state index in [4.69, 9.17) is 5.11 Å². The molecule has 0 aromatic carbocycles. The van der Waals surface area contributed by atoms with Gasteiger partial charge in [0, 0.05) is 23.8 Å². The number of anilines is 1. The van der Waals surface area contributed by atoms with Crippen molar-refractivity contribution in [3.63, 3.8) is 0 Å². The molecule has 1 unspecified atom stereocenters. The Morgan fingerprint density at radius 1 is 1.62 bits per heavy atom. The summed E-state index contributed by atoms with van der Waals surface area (Å²) in [7, 11) is 0. The maximum atomic E-state index is 11.1. The topological polar surface area (TPSA) is 53.4 Å². The highest BCUT2D eigenvalue weighted by Gasteiger charge is 2.40. The molecule has 1 aromatic rings. The Morgan fingerprint density at radius 2 is 2.38 bits per heavy atom. The molecule has 1 atom stereocenters. The minimum atomic E-state index is -0.724. The zero-order chi connectivity index (χ0) is 11.8. The second-order valence-electron chi connectivity index (χ2n) is 4.40. The molecular formula is C11H13BrN2O2. The molecule has 0 saturated carbocycles. The van der Waals surface area contributed by atoms with Crippen LogP contribution in [-0.2, 0) is 4.79 Å². The minimum absolute atomic E-state index is 0.542. The molecule has 0 amide bonds. The van der Waals surface area contributed by atoms with Crippen molar-refractivity contribution in [2.75, 3.05) is 18.0 Å². The van der Waals surface area contributed by atoms with E-state index in [9.17, 15) is 4.79 Å². The van der Waals surface area contributed by atoms with Crippen molar-refractivity contribution in [3.05, 3.63) is 22.9 Å². The third-order valence-corrected chi connectivity index (χ3v) is 3.48. The monoisotopic (exact) mass is 284 g/mol. The predicted octanol–water partition coefficient (Wildman–Crippen LogP) is 2.15. The van der Waals surface area contributed by atoms with Gasteiger partial charge < -0.3 is 10.0 Å². The molecule has 1 N–H and O–H groups in total. The Hall–Kier alpha value is -1.10. The first-order chi connectivity index (χ1) is 7.51. The molecule has 2 rings (SSSR count). The van der Waals surface area contributed by atoms with Crippen LogP contribution in [0.4, 0.5) is 5.69 Å². The molecule has 0 aliphatic carbocycles. The Balaban J connectivity index is 2.18. The van der Waals surface area contributed by atoms with Crippen LogP contribution >= 0.6 is 15.9 Å². The summed E-state index contributed by atoms with van der Waals surface area (Å²) < 4.78 is 0.911. The summed E-state index contributed by atoms with van der Waals surface area (Å²) in [5.74, 6) is -0.724. The van der Waals surface area contributed by atoms with E-state index in [1.165, 1.54) is 0 Å². The summed E-state index contributed by atoms with van der Waals surface area (Å²) in [4.78, 5) is 17.3. The maximum absolute atomic E-state index is 11.1. The molecule has 0 radical (unpaired) electrons. The summed E-state index contributed by atoms with van der Waals surface area (Å²) in [6, 6.07) is 1.96. The van der Waals surface area contributed by atoms with Crippen LogP contribution in [0.3, 0.4) is 0 Å². The number of rotatable bonds is 2. The van der Waals surface area contributed by atoms with Crippen molar-refractivity contribution in [2.45, 2.75) is 13.3 Å². The maximum Gasteiger partial charge on any atom is 0.311 e. The van der Waals surface area contributed by atoms with Crippen LogP contribution < -0.4 is 4.90 Å². The lowest BCUT2D eigenvalue weighted by molar-refractivity contribution is -0.146. The summed E-state index contributed by atoms with van der Waals surface area (Å²) in [5, 5.41) is 9.14. The molecule has 4 nitrogen and oxygen atoms in total. The standard InChI is InChI=1S/C11H13BrN2O2/c1-11(10(15)16)2-3-14(7-11)9-4-8(12)5-13-6-9/h4-6H,2-3,7H2,1H3,(H,15,16). The second kappa shape index (κ2) is 4.05. The molecule has 1 aromatic heterocycles. The van der Waals surface area contributed by atoms with Crippen molar-refractivity contribution < 1.29 is 9.90 Å². The first-order valence-corrected chi connectivity index (χ1v) is 5.89. The fraction of sp³-hybridized carbons (Fsp3) is 0.455. The van der Waals surface area contributed by atoms with Crippen molar-refractivity contribution in [3.8, 4) is 0 Å². The average Bonchev–Trinajstić information content (AvgIpc) is 2.62. The highest BCUT2D eigenvalue weighted by atomic mass is 79.9. The SMILES string of the molecule is CC1(C(=O)O)CCN(c2cncc(Br)c2)C1. The molecular weight excluding hydrogens is 272 g/mol. The Bertz CT molecular complexity index is 424. The van der Waals surface area contributed by atoms with Crippen LogP contribution in [0.25, 0.3) is 0 Å². The number of halogens is 1. The van der Waals surface area contributed by atoms with E-state index < -0.39 is 11.4 Å². The molecule has 1 fully saturated rings. The van der Waals surface area contributed by atoms with Crippen molar-refractivity contribution in [2.24, 2.45) is 5.41 Å². The van der Waals surface area contributed by atoms with E-state index >= 15 is 0 Å². The first kappa shape index (κ1) is 11.4. The number of carboxylic acids is 1. The summed E-state index contributed by atoms with van der Waals surface area (Å²) >= 11 is 3.36. The van der Waals surface area contributed by atoms with Gasteiger partial charge in [0.05, 0.1) is 17.3 Å². The van der Waals surface area contributed by atoms with Crippen LogP contribution in [0.5, 0.6) is 0 Å². The van der Waals surface area contributed by atoms with Gasteiger partial charge in [-0.15, -0.1) is 0 Å². The second-order valence-corrected chi connectivity index (χ2v) is 5.31. The number of carbonyl (C=O) groups is 1. The summed E-state index contributed by atoms with van der Waals surface area (Å²) in [6.45, 7) is 3.10. The van der Waals surface area contributed by atoms with Crippen LogP contribution in [0.15, 0.2) is 22.9 Å². The van der Waals surface area contributed by atoms with Gasteiger partial charge in [0.2, 0.25) is 0 Å². The zero-order valence-corrected chi connectivity index (χ0v) is 10.6. The Kier molecular flexibility index (Phi) is 2.88. The molecule has 5 heteroatoms. The molecule has 1 aliphatic rings. The number of aliphatic carboxylic acids is 1. The Morgan fingerprint density at radius 3 is 2.94 bits per heavy atom. The number of hydrogen-bond acceptors (Lipinski definition) is 3. The van der Waals surface area contributed by atoms with Crippen LogP contribution in [0, 0.1) is 5.41 Å². The fourth-order valence-corrected chi connectivity index (χ4v) is 2.28. The molecule has 0 bridgehead atoms. The van der Waals surface area contributed by atoms with E-state index in [-0.39, 0.29) is 0 Å². The number of pyridine rings is 1. The lowest BCUT2D eigenvalue weighted by Crippen LogP contribution is -2.31. The van der Waals surface area contributed by atoms with Crippen molar-refractivity contribution >= 4 is 27.6 Å². The van der Waals surface area contributed by atoms with Gasteiger partial charge in [-0.2, -0.15) is 0 Å². The van der Waals surface area contributed by atoms with Gasteiger partial charge in [0.25, 0.3) is 0 Å². The number of aromatic nitrogens is 1. The first-order valence-electron chi connectivity index (χ1n) is 5.10. The van der Waals surface area contributed by atoms with Gasteiger partial charge in [-0.25, -0.2) is 0 Å². The highest BCUT2D eigenvalue weighted by Crippen LogP contribution is 2.33. The van der Waals surface area contributed by atoms with Gasteiger partial charge in [-0.1, -0.05) is 0 Å². The highest BCUT2D eigenvalue weighted by molar-refractivity contribution is 9.10. The molecule has 86 valence electrons. The molecule has 0 spiro atoms. The van der Waals surface area contributed by atoms with E-state index in [1.54, 1.807) is 19.3 Å². The lowest BCUT2D eigenvalue weighted by atomic mass is 9.90. The fourth-order valence-electron chi connectivity index (χ4n) is 1.93. The minimum Gasteiger partial charge on any atom is -0.481 e. The zero-order valence-electron chi connectivity index (χ0n) is 8.98. The quantitative estimate of drug-likeness (QED) is 0.904. The molecule has 1 saturated heterocycles. The normalized spacial score (nSPS) is 24.8. The Labute approximate surface area is 102 Å². The smallest absolute Gasteiger partial charge is 0.311 e. The van der Waals surface area contributed by atoms with E-state index in [2.05, 4.69) is 25.8 Å². The summed E-state index contributed by atoms with van der Waals surface area (Å²) in [5.41, 5.74) is 0.335. The van der Waals surface area contributed by atoms with Crippen LogP contribution in [-0.4, -0.2) is 29.1 Å². The number of carboxylic acid groups (broad SMARTS) is 1. The van der Waals surface area contributed by atoms with Crippen molar-refractivity contribution in [1.29, 1.82) is 0 Å². The molecule has 2 heterocycles. The summed E-state index contributed by atoms with van der Waals surface area (Å²) in [6.07, 6.45) is 4.16. The third-order valence-electron chi connectivity index (χ3n) is 3.05. The van der Waals surface area contributed by atoms with Crippen LogP contribution in [0.2, 0.25) is 0 Å². The van der Waals surface area contributed by atoms with Gasteiger partial charge >= 0.3 is 5.97 Å². The van der Waals surface area contributed by atoms with E-state index in [1.807, 2.05) is 6.07 Å². The van der Waals surface area contributed by atoms with Gasteiger partial charge in [-0.05, 0) is 35.3 Å². The number of hydrogen-bond donors (Lipinski definition) is 1. The largest absolute Gasteiger partial charge is 0.481 e. The van der Waals surface area contributed by atoms with E-state index in [0.717, 1.165) is 16.7 Å². The van der Waals surface area contributed by atoms with Gasteiger partial charge in [0.1, 0.15) is 0 Å². The van der Waals surface area contributed by atoms with E-state index in [0.29, 0.717) is 13.0 Å². The lowest BCUT2D eigenvalue weighted by Gasteiger charge is -2.21. The van der Waals surface area contributed by atoms with Gasteiger partial charge in [-0.3, -0.25) is 9.78 Å².